The van der Waals surface area contributed by atoms with E-state index in [2.05, 4.69) is 31.2 Å². The first-order chi connectivity index (χ1) is 6.29. The van der Waals surface area contributed by atoms with E-state index in [1.54, 1.807) is 0 Å². The van der Waals surface area contributed by atoms with E-state index in [4.69, 9.17) is 5.73 Å². The summed E-state index contributed by atoms with van der Waals surface area (Å²) in [7, 11) is 0. The van der Waals surface area contributed by atoms with Crippen molar-refractivity contribution >= 4 is 0 Å². The van der Waals surface area contributed by atoms with Gasteiger partial charge >= 0.3 is 0 Å². The Morgan fingerprint density at radius 1 is 1.38 bits per heavy atom. The maximum absolute atomic E-state index is 5.98. The van der Waals surface area contributed by atoms with Gasteiger partial charge in [-0.3, -0.25) is 0 Å². The van der Waals surface area contributed by atoms with Crippen molar-refractivity contribution in [1.29, 1.82) is 0 Å². The van der Waals surface area contributed by atoms with E-state index in [1.165, 1.54) is 30.4 Å². The lowest BCUT2D eigenvalue weighted by Gasteiger charge is -2.28. The summed E-state index contributed by atoms with van der Waals surface area (Å²) in [6, 6.07) is 9.02. The molecule has 0 aromatic heterocycles. The SMILES string of the molecule is C[C@H](N)[C@H]1CCCc2ccccc21. The molecule has 0 fully saturated rings. The summed E-state index contributed by atoms with van der Waals surface area (Å²) in [5.41, 5.74) is 8.98. The minimum Gasteiger partial charge on any atom is -0.327 e. The third-order valence-electron chi connectivity index (χ3n) is 3.05. The summed E-state index contributed by atoms with van der Waals surface area (Å²) < 4.78 is 0. The first-order valence-corrected chi connectivity index (χ1v) is 5.12. The monoisotopic (exact) mass is 175 g/mol. The molecule has 0 saturated carbocycles. The Morgan fingerprint density at radius 2 is 2.15 bits per heavy atom. The molecule has 1 aliphatic carbocycles. The van der Waals surface area contributed by atoms with E-state index in [1.807, 2.05) is 0 Å². The van der Waals surface area contributed by atoms with E-state index in [0.717, 1.165) is 0 Å². The Morgan fingerprint density at radius 3 is 2.92 bits per heavy atom. The van der Waals surface area contributed by atoms with Crippen LogP contribution in [0.5, 0.6) is 0 Å². The fourth-order valence-electron chi connectivity index (χ4n) is 2.34. The number of hydrogen-bond donors (Lipinski definition) is 1. The molecule has 2 atom stereocenters. The average Bonchev–Trinajstić information content (AvgIpc) is 2.17. The molecule has 0 saturated heterocycles. The number of rotatable bonds is 1. The highest BCUT2D eigenvalue weighted by Gasteiger charge is 2.22. The Labute approximate surface area is 80.0 Å². The Hall–Kier alpha value is -0.820. The van der Waals surface area contributed by atoms with E-state index >= 15 is 0 Å². The lowest BCUT2D eigenvalue weighted by atomic mass is 9.79. The standard InChI is InChI=1S/C12H17N/c1-9(13)11-8-4-6-10-5-2-3-7-12(10)11/h2-3,5,7,9,11H,4,6,8,13H2,1H3/t9-,11+/m0/s1. The molecule has 2 N–H and O–H groups in total. The molecule has 1 heteroatoms. The van der Waals surface area contributed by atoms with Crippen molar-refractivity contribution in [1.82, 2.24) is 0 Å². The molecule has 1 aromatic rings. The first kappa shape index (κ1) is 8.76. The summed E-state index contributed by atoms with van der Waals surface area (Å²) in [5.74, 6) is 0.588. The summed E-state index contributed by atoms with van der Waals surface area (Å²) in [6.45, 7) is 2.12. The summed E-state index contributed by atoms with van der Waals surface area (Å²) in [4.78, 5) is 0. The van der Waals surface area contributed by atoms with Crippen molar-refractivity contribution < 1.29 is 0 Å². The molecule has 70 valence electrons. The predicted octanol–water partition coefficient (Wildman–Crippen LogP) is 2.45. The van der Waals surface area contributed by atoms with Crippen molar-refractivity contribution in [2.75, 3.05) is 0 Å². The van der Waals surface area contributed by atoms with Crippen LogP contribution >= 0.6 is 0 Å². The number of fused-ring (bicyclic) bond motifs is 1. The van der Waals surface area contributed by atoms with Gasteiger partial charge in [-0.25, -0.2) is 0 Å². The summed E-state index contributed by atoms with van der Waals surface area (Å²) >= 11 is 0. The zero-order valence-electron chi connectivity index (χ0n) is 8.16. The maximum Gasteiger partial charge on any atom is 0.00794 e. The van der Waals surface area contributed by atoms with Crippen molar-refractivity contribution in [3.63, 3.8) is 0 Å². The van der Waals surface area contributed by atoms with Gasteiger partial charge < -0.3 is 5.73 Å². The van der Waals surface area contributed by atoms with E-state index in [-0.39, 0.29) is 0 Å². The predicted molar refractivity (Wildman–Crippen MR) is 55.8 cm³/mol. The van der Waals surface area contributed by atoms with Gasteiger partial charge in [0.2, 0.25) is 0 Å². The fraction of sp³-hybridized carbons (Fsp3) is 0.500. The molecule has 0 spiro atoms. The molecule has 0 unspecified atom stereocenters. The van der Waals surface area contributed by atoms with Crippen LogP contribution in [0.25, 0.3) is 0 Å². The van der Waals surface area contributed by atoms with Crippen LogP contribution in [0.4, 0.5) is 0 Å². The first-order valence-electron chi connectivity index (χ1n) is 5.12. The molecule has 1 aromatic carbocycles. The van der Waals surface area contributed by atoms with Crippen molar-refractivity contribution in [3.05, 3.63) is 35.4 Å². The van der Waals surface area contributed by atoms with Crippen LogP contribution in [0.1, 0.15) is 36.8 Å². The summed E-state index contributed by atoms with van der Waals surface area (Å²) in [6.07, 6.45) is 3.79. The van der Waals surface area contributed by atoms with Crippen LogP contribution in [0.2, 0.25) is 0 Å². The average molecular weight is 175 g/mol. The van der Waals surface area contributed by atoms with Gasteiger partial charge in [0.05, 0.1) is 0 Å². The second-order valence-corrected chi connectivity index (χ2v) is 4.06. The number of aryl methyl sites for hydroxylation is 1. The van der Waals surface area contributed by atoms with E-state index in [9.17, 15) is 0 Å². The van der Waals surface area contributed by atoms with Gasteiger partial charge in [-0.1, -0.05) is 24.3 Å². The number of nitrogens with two attached hydrogens (primary N) is 1. The Balaban J connectivity index is 2.37. The molecular weight excluding hydrogens is 158 g/mol. The van der Waals surface area contributed by atoms with Crippen molar-refractivity contribution in [3.8, 4) is 0 Å². The highest BCUT2D eigenvalue weighted by Crippen LogP contribution is 2.32. The summed E-state index contributed by atoms with van der Waals surface area (Å²) in [5, 5.41) is 0. The van der Waals surface area contributed by atoms with Gasteiger partial charge in [0.15, 0.2) is 0 Å². The number of benzene rings is 1. The lowest BCUT2D eigenvalue weighted by Crippen LogP contribution is -2.27. The topological polar surface area (TPSA) is 26.0 Å². The quantitative estimate of drug-likeness (QED) is 0.697. The van der Waals surface area contributed by atoms with Crippen LogP contribution in [0.3, 0.4) is 0 Å². The maximum atomic E-state index is 5.98. The molecular formula is C12H17N. The van der Waals surface area contributed by atoms with Gasteiger partial charge in [-0.2, -0.15) is 0 Å². The Bertz CT molecular complexity index is 291. The van der Waals surface area contributed by atoms with Crippen LogP contribution in [-0.4, -0.2) is 6.04 Å². The molecule has 1 nitrogen and oxygen atoms in total. The second-order valence-electron chi connectivity index (χ2n) is 4.06. The third-order valence-corrected chi connectivity index (χ3v) is 3.05. The van der Waals surface area contributed by atoms with Crippen LogP contribution in [0, 0.1) is 0 Å². The van der Waals surface area contributed by atoms with E-state index < -0.39 is 0 Å². The zero-order chi connectivity index (χ0) is 9.26. The van der Waals surface area contributed by atoms with Crippen molar-refractivity contribution in [2.24, 2.45) is 5.73 Å². The van der Waals surface area contributed by atoms with Crippen molar-refractivity contribution in [2.45, 2.75) is 38.1 Å². The molecule has 0 heterocycles. The molecule has 1 aliphatic rings. The minimum absolute atomic E-state index is 0.293. The lowest BCUT2D eigenvalue weighted by molar-refractivity contribution is 0.485. The zero-order valence-corrected chi connectivity index (χ0v) is 8.16. The smallest absolute Gasteiger partial charge is 0.00794 e. The minimum atomic E-state index is 0.293. The molecule has 0 bridgehead atoms. The Kier molecular flexibility index (Phi) is 2.36. The molecule has 0 aliphatic heterocycles. The van der Waals surface area contributed by atoms with Crippen LogP contribution in [-0.2, 0) is 6.42 Å². The highest BCUT2D eigenvalue weighted by molar-refractivity contribution is 5.33. The normalized spacial score (nSPS) is 23.7. The van der Waals surface area contributed by atoms with Gasteiger partial charge in [0.1, 0.15) is 0 Å². The second kappa shape index (κ2) is 3.51. The third kappa shape index (κ3) is 1.61. The molecule has 0 amide bonds. The molecule has 13 heavy (non-hydrogen) atoms. The highest BCUT2D eigenvalue weighted by atomic mass is 14.6. The van der Waals surface area contributed by atoms with E-state index in [0.29, 0.717) is 12.0 Å². The van der Waals surface area contributed by atoms with Gasteiger partial charge in [0, 0.05) is 6.04 Å². The fourth-order valence-corrected chi connectivity index (χ4v) is 2.34. The largest absolute Gasteiger partial charge is 0.327 e. The molecule has 0 radical (unpaired) electrons. The van der Waals surface area contributed by atoms with Crippen LogP contribution < -0.4 is 5.73 Å². The van der Waals surface area contributed by atoms with Crippen LogP contribution in [0.15, 0.2) is 24.3 Å². The number of hydrogen-bond acceptors (Lipinski definition) is 1. The van der Waals surface area contributed by atoms with Gasteiger partial charge in [-0.05, 0) is 43.2 Å². The van der Waals surface area contributed by atoms with Gasteiger partial charge in [0.25, 0.3) is 0 Å². The molecule has 2 rings (SSSR count). The van der Waals surface area contributed by atoms with Gasteiger partial charge in [-0.15, -0.1) is 0 Å².